The number of imide groups is 1. The first-order valence-corrected chi connectivity index (χ1v) is 8.84. The Morgan fingerprint density at radius 2 is 1.93 bits per heavy atom. The van der Waals surface area contributed by atoms with Crippen LogP contribution in [0.3, 0.4) is 0 Å². The van der Waals surface area contributed by atoms with Gasteiger partial charge >= 0.3 is 0 Å². The van der Waals surface area contributed by atoms with Crippen molar-refractivity contribution in [2.75, 3.05) is 0 Å². The van der Waals surface area contributed by atoms with E-state index < -0.39 is 0 Å². The van der Waals surface area contributed by atoms with Crippen LogP contribution in [0.2, 0.25) is 0 Å². The molecule has 2 amide bonds. The van der Waals surface area contributed by atoms with Crippen LogP contribution in [0.5, 0.6) is 0 Å². The summed E-state index contributed by atoms with van der Waals surface area (Å²) in [5.74, 6) is 1.25. The smallest absolute Gasteiger partial charge is 0.293 e. The lowest BCUT2D eigenvalue weighted by Crippen LogP contribution is -2.27. The van der Waals surface area contributed by atoms with Gasteiger partial charge in [0.2, 0.25) is 0 Å². The van der Waals surface area contributed by atoms with Gasteiger partial charge in [-0.3, -0.25) is 14.5 Å². The normalized spacial score (nSPS) is 15.5. The minimum Gasteiger partial charge on any atom is -0.467 e. The molecule has 0 N–H and O–H groups in total. The van der Waals surface area contributed by atoms with E-state index in [0.29, 0.717) is 27.7 Å². The van der Waals surface area contributed by atoms with E-state index in [9.17, 15) is 9.59 Å². The molecule has 132 valence electrons. The van der Waals surface area contributed by atoms with Crippen LogP contribution >= 0.6 is 11.8 Å². The zero-order valence-electron chi connectivity index (χ0n) is 13.9. The number of carbonyl (C=O) groups is 2. The number of rotatable bonds is 4. The van der Waals surface area contributed by atoms with E-state index in [2.05, 4.69) is 6.07 Å². The molecule has 0 aliphatic carbocycles. The molecule has 0 bridgehead atoms. The molecule has 4 rings (SSSR count). The highest BCUT2D eigenvalue weighted by Gasteiger charge is 2.35. The van der Waals surface area contributed by atoms with Crippen LogP contribution in [0.25, 0.3) is 17.4 Å². The number of benzene rings is 1. The SMILES string of the molecule is N#Cc1ccc(-c2ccc(C=C3SC(=O)N(Cc4ccco4)C3=O)o2)cc1. The molecule has 1 fully saturated rings. The van der Waals surface area contributed by atoms with E-state index in [1.165, 1.54) is 6.26 Å². The van der Waals surface area contributed by atoms with E-state index in [-0.39, 0.29) is 17.7 Å². The number of furan rings is 2. The Morgan fingerprint density at radius 1 is 1.11 bits per heavy atom. The molecule has 1 aromatic carbocycles. The zero-order valence-corrected chi connectivity index (χ0v) is 14.7. The maximum absolute atomic E-state index is 12.5. The van der Waals surface area contributed by atoms with E-state index in [1.807, 2.05) is 0 Å². The first kappa shape index (κ1) is 16.9. The molecule has 3 heterocycles. The summed E-state index contributed by atoms with van der Waals surface area (Å²) in [7, 11) is 0. The Balaban J connectivity index is 1.53. The molecule has 27 heavy (non-hydrogen) atoms. The number of hydrogen-bond donors (Lipinski definition) is 0. The van der Waals surface area contributed by atoms with E-state index in [1.54, 1.807) is 54.6 Å². The summed E-state index contributed by atoms with van der Waals surface area (Å²) < 4.78 is 11.0. The van der Waals surface area contributed by atoms with Gasteiger partial charge in [0, 0.05) is 11.6 Å². The quantitative estimate of drug-likeness (QED) is 0.616. The minimum atomic E-state index is -0.377. The lowest BCUT2D eigenvalue weighted by Gasteiger charge is -2.09. The molecule has 1 aliphatic heterocycles. The third kappa shape index (κ3) is 3.43. The van der Waals surface area contributed by atoms with Crippen LogP contribution in [0, 0.1) is 11.3 Å². The number of nitrogens with zero attached hydrogens (tertiary/aromatic N) is 2. The van der Waals surface area contributed by atoms with Crippen LogP contribution in [0.4, 0.5) is 4.79 Å². The number of nitriles is 1. The van der Waals surface area contributed by atoms with Crippen molar-refractivity contribution in [2.45, 2.75) is 6.54 Å². The molecule has 1 saturated heterocycles. The lowest BCUT2D eigenvalue weighted by atomic mass is 10.1. The molecule has 0 unspecified atom stereocenters. The van der Waals surface area contributed by atoms with E-state index in [4.69, 9.17) is 14.1 Å². The summed E-state index contributed by atoms with van der Waals surface area (Å²) in [6, 6.07) is 16.0. The molecule has 0 spiro atoms. The molecule has 1 aliphatic rings. The van der Waals surface area contributed by atoms with Crippen LogP contribution in [0.15, 0.2) is 68.5 Å². The minimum absolute atomic E-state index is 0.101. The van der Waals surface area contributed by atoms with Crippen molar-refractivity contribution in [3.63, 3.8) is 0 Å². The van der Waals surface area contributed by atoms with Gasteiger partial charge in [0.15, 0.2) is 0 Å². The maximum Gasteiger partial charge on any atom is 0.293 e. The average Bonchev–Trinajstić information content (AvgIpc) is 3.41. The summed E-state index contributed by atoms with van der Waals surface area (Å²) in [5.41, 5.74) is 1.38. The van der Waals surface area contributed by atoms with Gasteiger partial charge in [-0.1, -0.05) is 0 Å². The predicted molar refractivity (Wildman–Crippen MR) is 99.1 cm³/mol. The zero-order chi connectivity index (χ0) is 18.8. The van der Waals surface area contributed by atoms with Crippen LogP contribution in [0.1, 0.15) is 17.1 Å². The fourth-order valence-corrected chi connectivity index (χ4v) is 3.44. The van der Waals surface area contributed by atoms with Gasteiger partial charge in [-0.05, 0) is 60.3 Å². The summed E-state index contributed by atoms with van der Waals surface area (Å²) in [6.45, 7) is 0.101. The Hall–Kier alpha value is -3.50. The summed E-state index contributed by atoms with van der Waals surface area (Å²) in [4.78, 5) is 26.1. The number of hydrogen-bond acceptors (Lipinski definition) is 6. The first-order valence-electron chi connectivity index (χ1n) is 8.02. The Kier molecular flexibility index (Phi) is 4.40. The molecule has 6 nitrogen and oxygen atoms in total. The van der Waals surface area contributed by atoms with Crippen molar-refractivity contribution in [1.82, 2.24) is 4.90 Å². The largest absolute Gasteiger partial charge is 0.467 e. The second-order valence-electron chi connectivity index (χ2n) is 5.74. The number of amides is 2. The van der Waals surface area contributed by atoms with Gasteiger partial charge in [0.1, 0.15) is 17.3 Å². The topological polar surface area (TPSA) is 87.5 Å². The fraction of sp³-hybridized carbons (Fsp3) is 0.0500. The highest BCUT2D eigenvalue weighted by atomic mass is 32.2. The highest BCUT2D eigenvalue weighted by Crippen LogP contribution is 2.34. The fourth-order valence-electron chi connectivity index (χ4n) is 2.62. The van der Waals surface area contributed by atoms with Gasteiger partial charge in [-0.2, -0.15) is 5.26 Å². The van der Waals surface area contributed by atoms with Gasteiger partial charge in [-0.25, -0.2) is 0 Å². The molecule has 2 aromatic heterocycles. The monoisotopic (exact) mass is 376 g/mol. The second-order valence-corrected chi connectivity index (χ2v) is 6.73. The van der Waals surface area contributed by atoms with Crippen molar-refractivity contribution in [3.8, 4) is 17.4 Å². The predicted octanol–water partition coefficient (Wildman–Crippen LogP) is 4.65. The van der Waals surface area contributed by atoms with Crippen LogP contribution < -0.4 is 0 Å². The molecular weight excluding hydrogens is 364 g/mol. The molecule has 0 saturated carbocycles. The molecule has 0 atom stereocenters. The van der Waals surface area contributed by atoms with Gasteiger partial charge < -0.3 is 8.83 Å². The molecule has 0 radical (unpaired) electrons. The second kappa shape index (κ2) is 7.02. The lowest BCUT2D eigenvalue weighted by molar-refractivity contribution is -0.123. The van der Waals surface area contributed by atoms with Gasteiger partial charge in [0.25, 0.3) is 11.1 Å². The van der Waals surface area contributed by atoms with Crippen molar-refractivity contribution in [3.05, 3.63) is 76.8 Å². The first-order chi connectivity index (χ1) is 13.1. The number of thioether (sulfide) groups is 1. The Bertz CT molecular complexity index is 1070. The summed E-state index contributed by atoms with van der Waals surface area (Å²) >= 11 is 0.869. The summed E-state index contributed by atoms with van der Waals surface area (Å²) in [6.07, 6.45) is 3.05. The average molecular weight is 376 g/mol. The summed E-state index contributed by atoms with van der Waals surface area (Å²) in [5, 5.41) is 8.51. The van der Waals surface area contributed by atoms with Gasteiger partial charge in [0.05, 0.1) is 29.3 Å². The molecular formula is C20H12N2O4S. The third-order valence-corrected chi connectivity index (χ3v) is 4.87. The van der Waals surface area contributed by atoms with E-state index in [0.717, 1.165) is 22.2 Å². The van der Waals surface area contributed by atoms with Crippen molar-refractivity contribution in [2.24, 2.45) is 0 Å². The van der Waals surface area contributed by atoms with Crippen LogP contribution in [-0.2, 0) is 11.3 Å². The Morgan fingerprint density at radius 3 is 2.63 bits per heavy atom. The number of carbonyl (C=O) groups excluding carboxylic acids is 2. The van der Waals surface area contributed by atoms with Crippen molar-refractivity contribution < 1.29 is 18.4 Å². The molecule has 3 aromatic rings. The van der Waals surface area contributed by atoms with Crippen molar-refractivity contribution in [1.29, 1.82) is 5.26 Å². The van der Waals surface area contributed by atoms with Gasteiger partial charge in [-0.15, -0.1) is 0 Å². The van der Waals surface area contributed by atoms with Crippen molar-refractivity contribution >= 4 is 29.0 Å². The highest BCUT2D eigenvalue weighted by molar-refractivity contribution is 8.18. The standard InChI is InChI=1S/C20H12N2O4S/c21-11-13-3-5-14(6-4-13)17-8-7-15(26-17)10-18-19(23)22(20(24)27-18)12-16-2-1-9-25-16/h1-10H,12H2. The van der Waals surface area contributed by atoms with E-state index >= 15 is 0 Å². The van der Waals surface area contributed by atoms with Crippen LogP contribution in [-0.4, -0.2) is 16.0 Å². The maximum atomic E-state index is 12.5. The molecule has 7 heteroatoms. The Labute approximate surface area is 158 Å². The third-order valence-electron chi connectivity index (χ3n) is 3.97.